The molecule has 1 aromatic rings. The summed E-state index contributed by atoms with van der Waals surface area (Å²) in [6, 6.07) is 0.0170. The van der Waals surface area contributed by atoms with E-state index in [1.165, 1.54) is 0 Å². The second kappa shape index (κ2) is 5.07. The Morgan fingerprint density at radius 2 is 2.33 bits per heavy atom. The largest absolute Gasteiger partial charge is 0.444 e. The smallest absolute Gasteiger partial charge is 0.410 e. The third-order valence-electron chi connectivity index (χ3n) is 2.76. The number of ether oxygens (including phenoxy) is 1. The van der Waals surface area contributed by atoms with Gasteiger partial charge in [0.1, 0.15) is 11.4 Å². The van der Waals surface area contributed by atoms with E-state index in [2.05, 4.69) is 32.6 Å². The van der Waals surface area contributed by atoms with Crippen molar-refractivity contribution < 1.29 is 9.53 Å². The standard InChI is InChI=1S/C12H18IN3O2/c1-12(2,3)18-11(17)16-6-4-5-8(16)10-14-7-9(13)15-10/h7-8H,4-6H2,1-3H3,(H,14,15)/t8-/m0/s1. The first kappa shape index (κ1) is 13.6. The van der Waals surface area contributed by atoms with Crippen molar-refractivity contribution in [3.05, 3.63) is 15.7 Å². The highest BCUT2D eigenvalue weighted by Gasteiger charge is 2.34. The number of rotatable bonds is 1. The first-order valence-corrected chi connectivity index (χ1v) is 7.15. The first-order valence-electron chi connectivity index (χ1n) is 6.07. The third-order valence-corrected chi connectivity index (χ3v) is 3.31. The summed E-state index contributed by atoms with van der Waals surface area (Å²) >= 11 is 2.18. The zero-order valence-electron chi connectivity index (χ0n) is 10.9. The highest BCUT2D eigenvalue weighted by atomic mass is 127. The minimum absolute atomic E-state index is 0.0170. The van der Waals surface area contributed by atoms with Crippen molar-refractivity contribution in [1.29, 1.82) is 0 Å². The molecule has 0 unspecified atom stereocenters. The van der Waals surface area contributed by atoms with E-state index in [1.807, 2.05) is 20.8 Å². The lowest BCUT2D eigenvalue weighted by atomic mass is 10.2. The molecule has 2 heterocycles. The van der Waals surface area contributed by atoms with Crippen LogP contribution in [-0.2, 0) is 4.74 Å². The summed E-state index contributed by atoms with van der Waals surface area (Å²) in [5.41, 5.74) is -0.457. The molecule has 100 valence electrons. The van der Waals surface area contributed by atoms with E-state index >= 15 is 0 Å². The summed E-state index contributed by atoms with van der Waals surface area (Å²) < 4.78 is 6.41. The Bertz CT molecular complexity index is 439. The Morgan fingerprint density at radius 1 is 1.61 bits per heavy atom. The van der Waals surface area contributed by atoms with Crippen LogP contribution in [0, 0.1) is 3.70 Å². The quantitative estimate of drug-likeness (QED) is 0.781. The average molecular weight is 363 g/mol. The number of nitrogens with one attached hydrogen (secondary N) is 1. The number of hydrogen-bond acceptors (Lipinski definition) is 3. The summed E-state index contributed by atoms with van der Waals surface area (Å²) in [7, 11) is 0. The number of carbonyl (C=O) groups excluding carboxylic acids is 1. The zero-order valence-corrected chi connectivity index (χ0v) is 13.0. The van der Waals surface area contributed by atoms with Crippen molar-refractivity contribution in [2.24, 2.45) is 0 Å². The van der Waals surface area contributed by atoms with Crippen LogP contribution in [0.1, 0.15) is 45.5 Å². The maximum Gasteiger partial charge on any atom is 0.410 e. The molecule has 1 fully saturated rings. The molecular formula is C12H18IN3O2. The molecule has 0 aliphatic carbocycles. The van der Waals surface area contributed by atoms with Crippen LogP contribution in [0.2, 0.25) is 0 Å². The van der Waals surface area contributed by atoms with Gasteiger partial charge in [0.05, 0.1) is 15.9 Å². The van der Waals surface area contributed by atoms with Gasteiger partial charge in [0, 0.05) is 6.54 Å². The number of imidazole rings is 1. The Kier molecular flexibility index (Phi) is 3.84. The normalized spacial score (nSPS) is 20.2. The van der Waals surface area contributed by atoms with Gasteiger partial charge in [-0.05, 0) is 56.2 Å². The molecule has 0 saturated carbocycles. The molecule has 1 saturated heterocycles. The number of aromatic nitrogens is 2. The fourth-order valence-corrected chi connectivity index (χ4v) is 2.49. The van der Waals surface area contributed by atoms with Crippen molar-refractivity contribution in [2.75, 3.05) is 6.54 Å². The summed E-state index contributed by atoms with van der Waals surface area (Å²) in [6.07, 6.45) is 3.45. The van der Waals surface area contributed by atoms with Gasteiger partial charge in [-0.1, -0.05) is 0 Å². The highest BCUT2D eigenvalue weighted by molar-refractivity contribution is 14.1. The van der Waals surface area contributed by atoms with Crippen molar-refractivity contribution in [1.82, 2.24) is 14.9 Å². The van der Waals surface area contributed by atoms with E-state index in [0.717, 1.165) is 28.9 Å². The summed E-state index contributed by atoms with van der Waals surface area (Å²) in [4.78, 5) is 21.4. The van der Waals surface area contributed by atoms with Crippen molar-refractivity contribution in [2.45, 2.75) is 45.3 Å². The summed E-state index contributed by atoms with van der Waals surface area (Å²) in [6.45, 7) is 6.38. The van der Waals surface area contributed by atoms with Gasteiger partial charge < -0.3 is 9.72 Å². The average Bonchev–Trinajstić information content (AvgIpc) is 2.81. The fraction of sp³-hybridized carbons (Fsp3) is 0.667. The second-order valence-electron chi connectivity index (χ2n) is 5.45. The second-order valence-corrected chi connectivity index (χ2v) is 6.61. The third kappa shape index (κ3) is 3.15. The molecule has 18 heavy (non-hydrogen) atoms. The SMILES string of the molecule is CC(C)(C)OC(=O)N1CCC[C@H]1c1ncc(I)[nH]1. The van der Waals surface area contributed by atoms with E-state index in [9.17, 15) is 4.79 Å². The van der Waals surface area contributed by atoms with E-state index in [0.29, 0.717) is 0 Å². The monoisotopic (exact) mass is 363 g/mol. The van der Waals surface area contributed by atoms with Crippen LogP contribution in [0.4, 0.5) is 4.79 Å². The van der Waals surface area contributed by atoms with Crippen LogP contribution >= 0.6 is 22.6 Å². The van der Waals surface area contributed by atoms with Crippen LogP contribution in [0.25, 0.3) is 0 Å². The van der Waals surface area contributed by atoms with Gasteiger partial charge in [0.15, 0.2) is 0 Å². The van der Waals surface area contributed by atoms with Gasteiger partial charge in [0.2, 0.25) is 0 Å². The molecule has 0 bridgehead atoms. The Hall–Kier alpha value is -0.790. The number of likely N-dealkylation sites (tertiary alicyclic amines) is 1. The molecule has 1 aromatic heterocycles. The number of nitrogens with zero attached hydrogens (tertiary/aromatic N) is 2. The van der Waals surface area contributed by atoms with Crippen molar-refractivity contribution in [3.63, 3.8) is 0 Å². The predicted molar refractivity (Wildman–Crippen MR) is 76.2 cm³/mol. The molecule has 1 aliphatic heterocycles. The van der Waals surface area contributed by atoms with Gasteiger partial charge in [0.25, 0.3) is 0 Å². The minimum atomic E-state index is -0.457. The first-order chi connectivity index (χ1) is 8.37. The lowest BCUT2D eigenvalue weighted by molar-refractivity contribution is 0.0218. The number of H-pyrrole nitrogens is 1. The molecule has 2 rings (SSSR count). The van der Waals surface area contributed by atoms with E-state index in [-0.39, 0.29) is 12.1 Å². The van der Waals surface area contributed by atoms with Crippen molar-refractivity contribution >= 4 is 28.7 Å². The van der Waals surface area contributed by atoms with Crippen LogP contribution in [0.3, 0.4) is 0 Å². The summed E-state index contributed by atoms with van der Waals surface area (Å²) in [5, 5.41) is 0. The number of hydrogen-bond donors (Lipinski definition) is 1. The van der Waals surface area contributed by atoms with Crippen molar-refractivity contribution in [3.8, 4) is 0 Å². The number of halogens is 1. The fourth-order valence-electron chi connectivity index (χ4n) is 2.07. The molecule has 1 N–H and O–H groups in total. The zero-order chi connectivity index (χ0) is 13.3. The minimum Gasteiger partial charge on any atom is -0.444 e. The lowest BCUT2D eigenvalue weighted by Gasteiger charge is -2.27. The Labute approximate surface area is 120 Å². The van der Waals surface area contributed by atoms with E-state index in [1.54, 1.807) is 11.1 Å². The van der Waals surface area contributed by atoms with Crippen LogP contribution in [0.5, 0.6) is 0 Å². The highest BCUT2D eigenvalue weighted by Crippen LogP contribution is 2.31. The van der Waals surface area contributed by atoms with Gasteiger partial charge in [-0.25, -0.2) is 9.78 Å². The Balaban J connectivity index is 2.10. The molecule has 0 radical (unpaired) electrons. The maximum absolute atomic E-state index is 12.1. The van der Waals surface area contributed by atoms with E-state index < -0.39 is 5.60 Å². The number of carbonyl (C=O) groups is 1. The Morgan fingerprint density at radius 3 is 2.89 bits per heavy atom. The molecule has 1 atom stereocenters. The molecule has 0 aromatic carbocycles. The van der Waals surface area contributed by atoms with E-state index in [4.69, 9.17) is 4.74 Å². The topological polar surface area (TPSA) is 58.2 Å². The predicted octanol–water partition coefficient (Wildman–Crippen LogP) is 3.09. The maximum atomic E-state index is 12.1. The van der Waals surface area contributed by atoms with Gasteiger partial charge in [-0.3, -0.25) is 4.90 Å². The van der Waals surface area contributed by atoms with Gasteiger partial charge >= 0.3 is 6.09 Å². The molecular weight excluding hydrogens is 345 g/mol. The molecule has 1 amide bonds. The van der Waals surface area contributed by atoms with Crippen LogP contribution in [-0.4, -0.2) is 33.1 Å². The van der Waals surface area contributed by atoms with Crippen LogP contribution in [0.15, 0.2) is 6.20 Å². The molecule has 6 heteroatoms. The molecule has 0 spiro atoms. The number of aromatic amines is 1. The van der Waals surface area contributed by atoms with Gasteiger partial charge in [-0.15, -0.1) is 0 Å². The number of amides is 1. The summed E-state index contributed by atoms with van der Waals surface area (Å²) in [5.74, 6) is 0.850. The van der Waals surface area contributed by atoms with Crippen LogP contribution < -0.4 is 0 Å². The molecule has 1 aliphatic rings. The van der Waals surface area contributed by atoms with Gasteiger partial charge in [-0.2, -0.15) is 0 Å². The molecule has 5 nitrogen and oxygen atoms in total. The lowest BCUT2D eigenvalue weighted by Crippen LogP contribution is -2.36.